The Kier molecular flexibility index (Phi) is 4.17. The predicted octanol–water partition coefficient (Wildman–Crippen LogP) is 4.01. The van der Waals surface area contributed by atoms with Gasteiger partial charge in [-0.2, -0.15) is 0 Å². The molecule has 0 aliphatic heterocycles. The second-order valence-corrected chi connectivity index (χ2v) is 6.20. The molecule has 4 heteroatoms. The van der Waals surface area contributed by atoms with Gasteiger partial charge in [-0.1, -0.05) is 15.9 Å². The Morgan fingerprint density at radius 2 is 2.00 bits per heavy atom. The molecular weight excluding hydrogens is 371 g/mol. The average molecular weight is 383 g/mol. The maximum atomic E-state index is 11.8. The van der Waals surface area contributed by atoms with Crippen LogP contribution in [0.2, 0.25) is 0 Å². The molecule has 2 nitrogen and oxygen atoms in total. The Labute approximate surface area is 112 Å². The summed E-state index contributed by atoms with van der Waals surface area (Å²) < 4.78 is 7.13. The first-order valence-electron chi connectivity index (χ1n) is 4.48. The maximum absolute atomic E-state index is 11.8. The number of carbonyl (C=O) groups is 1. The Morgan fingerprint density at radius 3 is 2.47 bits per heavy atom. The fourth-order valence-corrected chi connectivity index (χ4v) is 2.51. The van der Waals surface area contributed by atoms with E-state index in [9.17, 15) is 4.79 Å². The minimum absolute atomic E-state index is 0.278. The van der Waals surface area contributed by atoms with Crippen molar-refractivity contribution in [2.24, 2.45) is 0 Å². The van der Waals surface area contributed by atoms with Crippen LogP contribution in [0.4, 0.5) is 0 Å². The van der Waals surface area contributed by atoms with Crippen molar-refractivity contribution in [2.75, 3.05) is 0 Å². The van der Waals surface area contributed by atoms with Crippen molar-refractivity contribution in [1.29, 1.82) is 0 Å². The Morgan fingerprint density at radius 1 is 1.40 bits per heavy atom. The molecule has 0 aliphatic carbocycles. The summed E-state index contributed by atoms with van der Waals surface area (Å²) in [5.74, 6) is -0.278. The van der Waals surface area contributed by atoms with E-state index in [1.807, 2.05) is 32.9 Å². The number of esters is 1. The predicted molar refractivity (Wildman–Crippen MR) is 72.0 cm³/mol. The van der Waals surface area contributed by atoms with E-state index >= 15 is 0 Å². The number of ether oxygens (including phenoxy) is 1. The van der Waals surface area contributed by atoms with Crippen molar-refractivity contribution in [3.05, 3.63) is 31.8 Å². The highest BCUT2D eigenvalue weighted by Gasteiger charge is 2.19. The topological polar surface area (TPSA) is 26.3 Å². The summed E-state index contributed by atoms with van der Waals surface area (Å²) in [5.41, 5.74) is 0.154. The van der Waals surface area contributed by atoms with Crippen LogP contribution in [0.1, 0.15) is 31.1 Å². The van der Waals surface area contributed by atoms with E-state index in [1.165, 1.54) is 0 Å². The van der Waals surface area contributed by atoms with Gasteiger partial charge in [0.05, 0.1) is 5.56 Å². The van der Waals surface area contributed by atoms with Crippen molar-refractivity contribution < 1.29 is 9.53 Å². The van der Waals surface area contributed by atoms with Gasteiger partial charge in [0.2, 0.25) is 0 Å². The second kappa shape index (κ2) is 4.82. The molecule has 0 fully saturated rings. The lowest BCUT2D eigenvalue weighted by molar-refractivity contribution is 0.00683. The third-order valence-electron chi connectivity index (χ3n) is 1.55. The van der Waals surface area contributed by atoms with Crippen molar-refractivity contribution in [3.63, 3.8) is 0 Å². The molecule has 0 N–H and O–H groups in total. The van der Waals surface area contributed by atoms with Crippen molar-refractivity contribution in [2.45, 2.75) is 26.4 Å². The smallest absolute Gasteiger partial charge is 0.339 e. The minimum Gasteiger partial charge on any atom is -0.456 e. The van der Waals surface area contributed by atoms with Crippen LogP contribution in [0.15, 0.2) is 22.7 Å². The fraction of sp³-hybridized carbons (Fsp3) is 0.364. The van der Waals surface area contributed by atoms with Gasteiger partial charge in [-0.05, 0) is 61.6 Å². The van der Waals surface area contributed by atoms with Gasteiger partial charge in [0.25, 0.3) is 0 Å². The van der Waals surface area contributed by atoms with Gasteiger partial charge < -0.3 is 4.74 Å². The summed E-state index contributed by atoms with van der Waals surface area (Å²) in [6.07, 6.45) is 0. The first-order chi connectivity index (χ1) is 6.79. The van der Waals surface area contributed by atoms with Crippen LogP contribution in [-0.4, -0.2) is 11.6 Å². The molecule has 0 radical (unpaired) electrons. The lowest BCUT2D eigenvalue weighted by Gasteiger charge is -2.19. The summed E-state index contributed by atoms with van der Waals surface area (Å²) in [5, 5.41) is 0. The number of carbonyl (C=O) groups excluding carboxylic acids is 1. The molecule has 0 amide bonds. The summed E-state index contributed by atoms with van der Waals surface area (Å²) in [4.78, 5) is 11.8. The highest BCUT2D eigenvalue weighted by Crippen LogP contribution is 2.21. The molecule has 15 heavy (non-hydrogen) atoms. The largest absolute Gasteiger partial charge is 0.456 e. The normalized spacial score (nSPS) is 11.3. The Balaban J connectivity index is 2.92. The summed E-state index contributed by atoms with van der Waals surface area (Å²) in [6, 6.07) is 5.49. The number of halogens is 2. The molecule has 1 aromatic carbocycles. The van der Waals surface area contributed by atoms with Gasteiger partial charge in [-0.25, -0.2) is 4.79 Å². The van der Waals surface area contributed by atoms with E-state index in [4.69, 9.17) is 4.74 Å². The molecular formula is C11H12BrIO2. The van der Waals surface area contributed by atoms with E-state index < -0.39 is 5.60 Å². The first-order valence-corrected chi connectivity index (χ1v) is 6.35. The Hall–Kier alpha value is -0.100. The van der Waals surface area contributed by atoms with Gasteiger partial charge in [-0.3, -0.25) is 0 Å². The molecule has 0 aliphatic rings. The number of hydrogen-bond acceptors (Lipinski definition) is 2. The van der Waals surface area contributed by atoms with Crippen LogP contribution in [0.3, 0.4) is 0 Å². The third kappa shape index (κ3) is 4.10. The van der Waals surface area contributed by atoms with Crippen LogP contribution in [0.25, 0.3) is 0 Å². The first kappa shape index (κ1) is 13.0. The zero-order valence-electron chi connectivity index (χ0n) is 8.80. The maximum Gasteiger partial charge on any atom is 0.339 e. The summed E-state index contributed by atoms with van der Waals surface area (Å²) in [7, 11) is 0. The fourth-order valence-electron chi connectivity index (χ4n) is 0.988. The third-order valence-corrected chi connectivity index (χ3v) is 2.94. The van der Waals surface area contributed by atoms with Crippen LogP contribution >= 0.6 is 38.5 Å². The number of rotatable bonds is 1. The van der Waals surface area contributed by atoms with Crippen LogP contribution in [0, 0.1) is 3.57 Å². The lowest BCUT2D eigenvalue weighted by Crippen LogP contribution is -2.24. The van der Waals surface area contributed by atoms with Crippen LogP contribution < -0.4 is 0 Å². The number of hydrogen-bond donors (Lipinski definition) is 0. The van der Waals surface area contributed by atoms with E-state index in [-0.39, 0.29) is 5.97 Å². The van der Waals surface area contributed by atoms with E-state index in [2.05, 4.69) is 38.5 Å². The van der Waals surface area contributed by atoms with Crippen LogP contribution in [-0.2, 0) is 4.74 Å². The molecule has 0 spiro atoms. The molecule has 0 aromatic heterocycles. The van der Waals surface area contributed by atoms with Gasteiger partial charge in [0, 0.05) is 8.04 Å². The van der Waals surface area contributed by atoms with Crippen molar-refractivity contribution in [1.82, 2.24) is 0 Å². The van der Waals surface area contributed by atoms with Gasteiger partial charge in [0.15, 0.2) is 0 Å². The molecule has 82 valence electrons. The molecule has 1 rings (SSSR count). The standard InChI is InChI=1S/C11H12BrIO2/c1-11(2,3)15-10(14)8-5-4-7(12)6-9(8)13/h4-6H,1-3H3. The highest BCUT2D eigenvalue weighted by atomic mass is 127. The molecule has 0 unspecified atom stereocenters. The van der Waals surface area contributed by atoms with Gasteiger partial charge in [-0.15, -0.1) is 0 Å². The monoisotopic (exact) mass is 382 g/mol. The second-order valence-electron chi connectivity index (χ2n) is 4.13. The van der Waals surface area contributed by atoms with Crippen molar-refractivity contribution in [3.8, 4) is 0 Å². The quantitative estimate of drug-likeness (QED) is 0.541. The minimum atomic E-state index is -0.451. The summed E-state index contributed by atoms with van der Waals surface area (Å²) in [6.45, 7) is 5.57. The zero-order valence-corrected chi connectivity index (χ0v) is 12.5. The SMILES string of the molecule is CC(C)(C)OC(=O)c1ccc(Br)cc1I. The summed E-state index contributed by atoms with van der Waals surface area (Å²) >= 11 is 5.47. The highest BCUT2D eigenvalue weighted by molar-refractivity contribution is 14.1. The van der Waals surface area contributed by atoms with Gasteiger partial charge in [0.1, 0.15) is 5.60 Å². The molecule has 0 heterocycles. The average Bonchev–Trinajstić information content (AvgIpc) is 1.99. The van der Waals surface area contributed by atoms with E-state index in [1.54, 1.807) is 6.07 Å². The van der Waals surface area contributed by atoms with E-state index in [0.717, 1.165) is 8.04 Å². The molecule has 0 atom stereocenters. The molecule has 0 bridgehead atoms. The molecule has 0 saturated carbocycles. The lowest BCUT2D eigenvalue weighted by atomic mass is 10.2. The Bertz CT molecular complexity index is 383. The van der Waals surface area contributed by atoms with Crippen molar-refractivity contribution >= 4 is 44.5 Å². The van der Waals surface area contributed by atoms with Gasteiger partial charge >= 0.3 is 5.97 Å². The number of benzene rings is 1. The molecule has 1 aromatic rings. The molecule has 0 saturated heterocycles. The van der Waals surface area contributed by atoms with E-state index in [0.29, 0.717) is 5.56 Å². The zero-order chi connectivity index (χ0) is 11.6. The van der Waals surface area contributed by atoms with Crippen LogP contribution in [0.5, 0.6) is 0 Å².